The van der Waals surface area contributed by atoms with Crippen molar-refractivity contribution in [3.63, 3.8) is 0 Å². The number of fused-ring (bicyclic) bond motifs is 1. The predicted molar refractivity (Wildman–Crippen MR) is 89.2 cm³/mol. The summed E-state index contributed by atoms with van der Waals surface area (Å²) in [5.41, 5.74) is 0.174. The van der Waals surface area contributed by atoms with Crippen molar-refractivity contribution in [1.29, 1.82) is 0 Å². The van der Waals surface area contributed by atoms with Gasteiger partial charge in [0.15, 0.2) is 5.01 Å². The molecule has 2 atom stereocenters. The number of thioether (sulfide) groups is 1. The molecule has 0 spiro atoms. The Labute approximate surface area is 145 Å². The molecule has 1 aromatic heterocycles. The second-order valence-electron chi connectivity index (χ2n) is 5.49. The van der Waals surface area contributed by atoms with Crippen LogP contribution in [0.1, 0.15) is 18.4 Å². The van der Waals surface area contributed by atoms with Gasteiger partial charge in [0.25, 0.3) is 0 Å². The minimum absolute atomic E-state index is 0.129. The van der Waals surface area contributed by atoms with Crippen molar-refractivity contribution < 1.29 is 19.5 Å². The van der Waals surface area contributed by atoms with Crippen LogP contribution in [0.5, 0.6) is 0 Å². The summed E-state index contributed by atoms with van der Waals surface area (Å²) in [6, 6.07) is 0. The van der Waals surface area contributed by atoms with E-state index in [-0.39, 0.29) is 29.3 Å². The number of hydrogen-bond donors (Lipinski definition) is 2. The van der Waals surface area contributed by atoms with E-state index in [1.54, 1.807) is 19.0 Å². The third-order valence-electron chi connectivity index (χ3n) is 3.52. The van der Waals surface area contributed by atoms with Crippen LogP contribution in [0.25, 0.3) is 5.57 Å². The van der Waals surface area contributed by atoms with Crippen molar-refractivity contribution >= 4 is 51.6 Å². The van der Waals surface area contributed by atoms with E-state index < -0.39 is 11.3 Å². The molecular formula is C13H15N5O4S2. The number of nitrogens with zero attached hydrogens (tertiary/aromatic N) is 4. The van der Waals surface area contributed by atoms with E-state index in [1.165, 1.54) is 34.9 Å². The fraction of sp³-hybridized carbons (Fsp3) is 0.462. The molecule has 3 rings (SSSR count). The van der Waals surface area contributed by atoms with Gasteiger partial charge in [-0.05, 0) is 0 Å². The van der Waals surface area contributed by atoms with Crippen LogP contribution in [-0.4, -0.2) is 62.8 Å². The van der Waals surface area contributed by atoms with E-state index in [0.29, 0.717) is 15.7 Å². The van der Waals surface area contributed by atoms with Crippen LogP contribution < -0.4 is 10.2 Å². The number of rotatable bonds is 4. The Balaban J connectivity index is 2.14. The summed E-state index contributed by atoms with van der Waals surface area (Å²) in [6.45, 7) is 1.36. The average Bonchev–Trinajstić information content (AvgIpc) is 2.94. The third kappa shape index (κ3) is 2.73. The lowest BCUT2D eigenvalue weighted by Gasteiger charge is -2.46. The molecule has 0 radical (unpaired) electrons. The van der Waals surface area contributed by atoms with E-state index in [2.05, 4.69) is 15.5 Å². The van der Waals surface area contributed by atoms with Gasteiger partial charge in [-0.25, -0.2) is 4.79 Å². The number of aliphatic carboxylic acids is 1. The Morgan fingerprint density at radius 1 is 1.38 bits per heavy atom. The number of amides is 2. The number of carbonyl (C=O) groups excluding carboxylic acids is 2. The van der Waals surface area contributed by atoms with Gasteiger partial charge in [0.1, 0.15) is 11.1 Å². The molecule has 11 heteroatoms. The van der Waals surface area contributed by atoms with Crippen LogP contribution >= 0.6 is 23.1 Å². The molecular weight excluding hydrogens is 354 g/mol. The van der Waals surface area contributed by atoms with Gasteiger partial charge in [-0.1, -0.05) is 11.3 Å². The Hall–Kier alpha value is -2.14. The predicted octanol–water partition coefficient (Wildman–Crippen LogP) is 0.167. The summed E-state index contributed by atoms with van der Waals surface area (Å²) in [5, 5.41) is 20.6. The van der Waals surface area contributed by atoms with Gasteiger partial charge >= 0.3 is 5.97 Å². The van der Waals surface area contributed by atoms with Crippen LogP contribution in [0.3, 0.4) is 0 Å². The van der Waals surface area contributed by atoms with Gasteiger partial charge in [0.05, 0.1) is 17.4 Å². The maximum Gasteiger partial charge on any atom is 0.353 e. The maximum atomic E-state index is 11.9. The first-order valence-electron chi connectivity index (χ1n) is 7.03. The highest BCUT2D eigenvalue weighted by Crippen LogP contribution is 2.47. The van der Waals surface area contributed by atoms with E-state index in [0.717, 1.165) is 0 Å². The Kier molecular flexibility index (Phi) is 4.22. The Bertz CT molecular complexity index is 759. The van der Waals surface area contributed by atoms with Crippen LogP contribution in [-0.2, 0) is 14.4 Å². The number of aromatic nitrogens is 2. The standard InChI is InChI=1S/C13H15N5O4S2/c1-5(19)14-10-8(11-15-16-13(24-11)17(2)3)9(12(21)22)18-6(20)4-7(18)23-10/h7,10H,4H2,1-3H3,(H,14,19)(H,21,22)/t7-,10?/m1/s1. The van der Waals surface area contributed by atoms with Crippen LogP contribution in [0.2, 0.25) is 0 Å². The van der Waals surface area contributed by atoms with Gasteiger partial charge in [0, 0.05) is 21.0 Å². The number of β-lactam (4-membered cyclic amide) rings is 1. The molecule has 2 N–H and O–H groups in total. The van der Waals surface area contributed by atoms with E-state index in [4.69, 9.17) is 0 Å². The number of anilines is 1. The zero-order valence-corrected chi connectivity index (χ0v) is 14.8. The minimum atomic E-state index is -1.22. The molecule has 9 nitrogen and oxygen atoms in total. The molecule has 128 valence electrons. The van der Waals surface area contributed by atoms with E-state index >= 15 is 0 Å². The largest absolute Gasteiger partial charge is 0.477 e. The number of hydrogen-bond acceptors (Lipinski definition) is 8. The monoisotopic (exact) mass is 369 g/mol. The van der Waals surface area contributed by atoms with Gasteiger partial charge in [-0.15, -0.1) is 22.0 Å². The van der Waals surface area contributed by atoms with Crippen LogP contribution in [0, 0.1) is 0 Å². The van der Waals surface area contributed by atoms with Crippen molar-refractivity contribution in [2.45, 2.75) is 24.1 Å². The summed E-state index contributed by atoms with van der Waals surface area (Å²) in [6.07, 6.45) is 0.254. The zero-order valence-electron chi connectivity index (χ0n) is 13.1. The van der Waals surface area contributed by atoms with Gasteiger partial charge < -0.3 is 15.3 Å². The smallest absolute Gasteiger partial charge is 0.353 e. The third-order valence-corrected chi connectivity index (χ3v) is 5.96. The molecule has 1 fully saturated rings. The topological polar surface area (TPSA) is 116 Å². The number of carboxylic acid groups (broad SMARTS) is 1. The molecule has 0 bridgehead atoms. The Morgan fingerprint density at radius 2 is 2.08 bits per heavy atom. The molecule has 1 unspecified atom stereocenters. The quantitative estimate of drug-likeness (QED) is 0.722. The molecule has 0 aliphatic carbocycles. The van der Waals surface area contributed by atoms with Crippen LogP contribution in [0.15, 0.2) is 5.70 Å². The number of carbonyl (C=O) groups is 3. The second-order valence-corrected chi connectivity index (χ2v) is 7.73. The van der Waals surface area contributed by atoms with Gasteiger partial charge in [-0.2, -0.15) is 0 Å². The number of carboxylic acids is 1. The molecule has 0 saturated carbocycles. The Morgan fingerprint density at radius 3 is 2.58 bits per heavy atom. The van der Waals surface area contributed by atoms with Crippen molar-refractivity contribution in [2.75, 3.05) is 19.0 Å². The zero-order chi connectivity index (χ0) is 17.6. The molecule has 1 saturated heterocycles. The van der Waals surface area contributed by atoms with Crippen molar-refractivity contribution in [3.8, 4) is 0 Å². The van der Waals surface area contributed by atoms with Crippen LogP contribution in [0.4, 0.5) is 5.13 Å². The lowest BCUT2D eigenvalue weighted by molar-refractivity contribution is -0.145. The molecule has 2 aliphatic heterocycles. The first kappa shape index (κ1) is 16.7. The molecule has 2 amide bonds. The highest BCUT2D eigenvalue weighted by Gasteiger charge is 2.49. The summed E-state index contributed by atoms with van der Waals surface area (Å²) >= 11 is 2.54. The van der Waals surface area contributed by atoms with Gasteiger partial charge in [-0.3, -0.25) is 14.5 Å². The number of nitrogens with one attached hydrogen (secondary N) is 1. The first-order chi connectivity index (χ1) is 11.3. The van der Waals surface area contributed by atoms with Crippen molar-refractivity contribution in [3.05, 3.63) is 10.7 Å². The van der Waals surface area contributed by atoms with E-state index in [1.807, 2.05) is 0 Å². The van der Waals surface area contributed by atoms with Crippen molar-refractivity contribution in [1.82, 2.24) is 20.4 Å². The second kappa shape index (κ2) is 6.06. The molecule has 3 heterocycles. The minimum Gasteiger partial charge on any atom is -0.477 e. The fourth-order valence-corrected chi connectivity index (χ4v) is 4.88. The maximum absolute atomic E-state index is 11.9. The summed E-state index contributed by atoms with van der Waals surface area (Å²) in [4.78, 5) is 38.3. The molecule has 24 heavy (non-hydrogen) atoms. The average molecular weight is 369 g/mol. The molecule has 2 aliphatic rings. The lowest BCUT2D eigenvalue weighted by Crippen LogP contribution is -2.56. The summed E-state index contributed by atoms with van der Waals surface area (Å²) in [7, 11) is 3.60. The summed E-state index contributed by atoms with van der Waals surface area (Å²) < 4.78 is 0. The highest BCUT2D eigenvalue weighted by atomic mass is 32.2. The lowest BCUT2D eigenvalue weighted by atomic mass is 10.1. The summed E-state index contributed by atoms with van der Waals surface area (Å²) in [5.74, 6) is -1.76. The van der Waals surface area contributed by atoms with Crippen molar-refractivity contribution in [2.24, 2.45) is 0 Å². The van der Waals surface area contributed by atoms with E-state index in [9.17, 15) is 19.5 Å². The van der Waals surface area contributed by atoms with Gasteiger partial charge in [0.2, 0.25) is 16.9 Å². The molecule has 0 aromatic carbocycles. The normalized spacial score (nSPS) is 22.8. The molecule has 1 aromatic rings. The SMILES string of the molecule is CC(=O)NC1S[C@@H]2CC(=O)N2C(C(=O)O)=C1c1nnc(N(C)C)s1. The fourth-order valence-electron chi connectivity index (χ4n) is 2.47. The first-order valence-corrected chi connectivity index (χ1v) is 8.78. The highest BCUT2D eigenvalue weighted by molar-refractivity contribution is 8.01.